The molecule has 0 saturated carbocycles. The molecule has 4 rings (SSSR count). The third kappa shape index (κ3) is 4.81. The molecule has 0 fully saturated rings. The van der Waals surface area contributed by atoms with E-state index in [0.717, 1.165) is 0 Å². The normalized spacial score (nSPS) is 10.7. The fourth-order valence-electron chi connectivity index (χ4n) is 3.16. The summed E-state index contributed by atoms with van der Waals surface area (Å²) in [6, 6.07) is 15.5. The quantitative estimate of drug-likeness (QED) is 0.433. The highest BCUT2D eigenvalue weighted by molar-refractivity contribution is 6.00. The van der Waals surface area contributed by atoms with Gasteiger partial charge in [0, 0.05) is 37.1 Å². The van der Waals surface area contributed by atoms with E-state index in [4.69, 9.17) is 0 Å². The molecular formula is C22H21N7O3. The van der Waals surface area contributed by atoms with Gasteiger partial charge in [-0.15, -0.1) is 0 Å². The third-order valence-electron chi connectivity index (χ3n) is 4.73. The van der Waals surface area contributed by atoms with Crippen LogP contribution in [0, 0.1) is 0 Å². The van der Waals surface area contributed by atoms with Crippen molar-refractivity contribution in [1.29, 1.82) is 0 Å². The van der Waals surface area contributed by atoms with Crippen molar-refractivity contribution in [2.45, 2.75) is 13.0 Å². The van der Waals surface area contributed by atoms with Crippen LogP contribution in [0.2, 0.25) is 0 Å². The molecule has 10 nitrogen and oxygen atoms in total. The van der Waals surface area contributed by atoms with Crippen LogP contribution in [-0.2, 0) is 18.4 Å². The predicted octanol–water partition coefficient (Wildman–Crippen LogP) is 2.80. The lowest BCUT2D eigenvalue weighted by atomic mass is 10.2. The number of aromatic nitrogens is 4. The zero-order valence-electron chi connectivity index (χ0n) is 17.3. The fraction of sp³-hybridized carbons (Fsp3) is 0.136. The molecule has 0 spiro atoms. The van der Waals surface area contributed by atoms with Crippen LogP contribution in [-0.4, -0.2) is 31.3 Å². The Morgan fingerprint density at radius 2 is 1.62 bits per heavy atom. The van der Waals surface area contributed by atoms with E-state index in [1.165, 1.54) is 21.8 Å². The predicted molar refractivity (Wildman–Crippen MR) is 122 cm³/mol. The second-order valence-corrected chi connectivity index (χ2v) is 7.07. The summed E-state index contributed by atoms with van der Waals surface area (Å²) in [6.07, 6.45) is 2.96. The van der Waals surface area contributed by atoms with E-state index in [1.54, 1.807) is 43.4 Å². The Morgan fingerprint density at radius 1 is 0.938 bits per heavy atom. The van der Waals surface area contributed by atoms with Gasteiger partial charge in [-0.1, -0.05) is 24.3 Å². The molecule has 162 valence electrons. The summed E-state index contributed by atoms with van der Waals surface area (Å²) in [4.78, 5) is 41.2. The minimum absolute atomic E-state index is 0.0828. The number of benzene rings is 2. The van der Waals surface area contributed by atoms with E-state index in [9.17, 15) is 14.4 Å². The molecule has 4 aromatic rings. The van der Waals surface area contributed by atoms with Crippen molar-refractivity contribution in [3.05, 3.63) is 77.5 Å². The number of rotatable bonds is 6. The number of urea groups is 1. The number of nitrogens with one attached hydrogen (secondary N) is 3. The summed E-state index contributed by atoms with van der Waals surface area (Å²) in [5.74, 6) is -0.269. The molecule has 32 heavy (non-hydrogen) atoms. The first-order valence-electron chi connectivity index (χ1n) is 9.90. The van der Waals surface area contributed by atoms with Gasteiger partial charge in [0.1, 0.15) is 5.39 Å². The van der Waals surface area contributed by atoms with Crippen LogP contribution < -0.4 is 21.5 Å². The molecule has 2 heterocycles. The standard InChI is InChI=1S/C22H21N7O3/c1-28-20-18(13-24-28)21(31)29(14-23-20)11-10-19(30)25-16-8-5-9-17(12-16)27-22(32)26-15-6-3-2-4-7-15/h2-9,12-14H,10-11H2,1H3,(H,25,30)(H2,26,27,32). The lowest BCUT2D eigenvalue weighted by molar-refractivity contribution is -0.116. The van der Waals surface area contributed by atoms with Gasteiger partial charge in [-0.25, -0.2) is 9.78 Å². The summed E-state index contributed by atoms with van der Waals surface area (Å²) in [6.45, 7) is 0.180. The Labute approximate surface area is 182 Å². The SMILES string of the molecule is Cn1ncc2c(=O)n(CCC(=O)Nc3cccc(NC(=O)Nc4ccccc4)c3)cnc21. The van der Waals surface area contributed by atoms with Gasteiger partial charge in [0.25, 0.3) is 5.56 Å². The number of carbonyl (C=O) groups excluding carboxylic acids is 2. The molecule has 0 aliphatic carbocycles. The smallest absolute Gasteiger partial charge is 0.323 e. The molecule has 2 aromatic heterocycles. The highest BCUT2D eigenvalue weighted by Crippen LogP contribution is 2.16. The number of hydrogen-bond donors (Lipinski definition) is 3. The lowest BCUT2D eigenvalue weighted by Crippen LogP contribution is -2.23. The van der Waals surface area contributed by atoms with Gasteiger partial charge in [-0.3, -0.25) is 18.8 Å². The van der Waals surface area contributed by atoms with E-state index in [2.05, 4.69) is 26.0 Å². The molecule has 0 bridgehead atoms. The molecule has 3 amide bonds. The van der Waals surface area contributed by atoms with Gasteiger partial charge >= 0.3 is 6.03 Å². The first-order valence-corrected chi connectivity index (χ1v) is 9.90. The molecule has 0 aliphatic rings. The Morgan fingerprint density at radius 3 is 2.41 bits per heavy atom. The molecule has 3 N–H and O–H groups in total. The Balaban J connectivity index is 1.34. The van der Waals surface area contributed by atoms with Crippen molar-refractivity contribution in [2.24, 2.45) is 7.05 Å². The minimum Gasteiger partial charge on any atom is -0.326 e. The number of para-hydroxylation sites is 1. The first kappa shape index (κ1) is 20.8. The highest BCUT2D eigenvalue weighted by atomic mass is 16.2. The van der Waals surface area contributed by atoms with Gasteiger partial charge in [0.2, 0.25) is 5.91 Å². The van der Waals surface area contributed by atoms with Crippen molar-refractivity contribution in [1.82, 2.24) is 19.3 Å². The molecular weight excluding hydrogens is 410 g/mol. The zero-order valence-corrected chi connectivity index (χ0v) is 17.3. The van der Waals surface area contributed by atoms with Crippen LogP contribution in [0.4, 0.5) is 21.9 Å². The van der Waals surface area contributed by atoms with Crippen LogP contribution in [0.25, 0.3) is 11.0 Å². The second-order valence-electron chi connectivity index (χ2n) is 7.07. The maximum Gasteiger partial charge on any atom is 0.323 e. The first-order chi connectivity index (χ1) is 15.5. The van der Waals surface area contributed by atoms with E-state index in [1.807, 2.05) is 18.2 Å². The van der Waals surface area contributed by atoms with E-state index >= 15 is 0 Å². The maximum atomic E-state index is 12.5. The molecule has 0 saturated heterocycles. The summed E-state index contributed by atoms with van der Waals surface area (Å²) >= 11 is 0. The maximum absolute atomic E-state index is 12.5. The van der Waals surface area contributed by atoms with Crippen molar-refractivity contribution in [3.63, 3.8) is 0 Å². The lowest BCUT2D eigenvalue weighted by Gasteiger charge is -2.10. The van der Waals surface area contributed by atoms with Crippen molar-refractivity contribution < 1.29 is 9.59 Å². The molecule has 10 heteroatoms. The summed E-state index contributed by atoms with van der Waals surface area (Å²) < 4.78 is 2.91. The number of amides is 3. The topological polar surface area (TPSA) is 123 Å². The molecule has 0 radical (unpaired) electrons. The van der Waals surface area contributed by atoms with Gasteiger partial charge in [0.05, 0.1) is 12.5 Å². The van der Waals surface area contributed by atoms with Gasteiger partial charge in [0.15, 0.2) is 5.65 Å². The zero-order chi connectivity index (χ0) is 22.5. The highest BCUT2D eigenvalue weighted by Gasteiger charge is 2.10. The largest absolute Gasteiger partial charge is 0.326 e. The van der Waals surface area contributed by atoms with Crippen LogP contribution in [0.15, 0.2) is 71.9 Å². The van der Waals surface area contributed by atoms with Crippen LogP contribution in [0.5, 0.6) is 0 Å². The summed E-state index contributed by atoms with van der Waals surface area (Å²) in [7, 11) is 1.71. The van der Waals surface area contributed by atoms with Crippen molar-refractivity contribution in [2.75, 3.05) is 16.0 Å². The number of nitrogens with zero attached hydrogens (tertiary/aromatic N) is 4. The van der Waals surface area contributed by atoms with Crippen molar-refractivity contribution >= 4 is 40.0 Å². The third-order valence-corrected chi connectivity index (χ3v) is 4.73. The van der Waals surface area contributed by atoms with Crippen LogP contribution in [0.1, 0.15) is 6.42 Å². The average molecular weight is 431 g/mol. The van der Waals surface area contributed by atoms with Crippen LogP contribution >= 0.6 is 0 Å². The minimum atomic E-state index is -0.391. The Hall–Kier alpha value is -4.47. The fourth-order valence-corrected chi connectivity index (χ4v) is 3.16. The second kappa shape index (κ2) is 9.13. The van der Waals surface area contributed by atoms with Gasteiger partial charge in [-0.2, -0.15) is 5.10 Å². The number of carbonyl (C=O) groups is 2. The molecule has 2 aromatic carbocycles. The van der Waals surface area contributed by atoms with E-state index in [0.29, 0.717) is 28.1 Å². The molecule has 0 unspecified atom stereocenters. The monoisotopic (exact) mass is 431 g/mol. The molecule has 0 atom stereocenters. The number of hydrogen-bond acceptors (Lipinski definition) is 5. The average Bonchev–Trinajstić information content (AvgIpc) is 3.15. The molecule has 0 aliphatic heterocycles. The van der Waals surface area contributed by atoms with Gasteiger partial charge in [-0.05, 0) is 30.3 Å². The number of aryl methyl sites for hydroxylation is 2. The Bertz CT molecular complexity index is 1330. The summed E-state index contributed by atoms with van der Waals surface area (Å²) in [5, 5.41) is 12.7. The van der Waals surface area contributed by atoms with E-state index < -0.39 is 6.03 Å². The Kier molecular flexibility index (Phi) is 5.93. The number of anilines is 3. The van der Waals surface area contributed by atoms with Crippen molar-refractivity contribution in [3.8, 4) is 0 Å². The van der Waals surface area contributed by atoms with E-state index in [-0.39, 0.29) is 24.4 Å². The van der Waals surface area contributed by atoms with Crippen LogP contribution in [0.3, 0.4) is 0 Å². The summed E-state index contributed by atoms with van der Waals surface area (Å²) in [5.41, 5.74) is 1.98. The number of fused-ring (bicyclic) bond motifs is 1. The van der Waals surface area contributed by atoms with Gasteiger partial charge < -0.3 is 16.0 Å².